The van der Waals surface area contributed by atoms with E-state index in [9.17, 15) is 0 Å². The van der Waals surface area contributed by atoms with Crippen molar-refractivity contribution in [3.63, 3.8) is 0 Å². The number of nitrogens with zero attached hydrogens (tertiary/aromatic N) is 2. The van der Waals surface area contributed by atoms with Gasteiger partial charge in [0.15, 0.2) is 5.11 Å². The van der Waals surface area contributed by atoms with E-state index in [0.29, 0.717) is 12.6 Å². The second kappa shape index (κ2) is 11.0. The Morgan fingerprint density at radius 3 is 2.39 bits per heavy atom. The van der Waals surface area contributed by atoms with Crippen LogP contribution in [0.4, 0.5) is 0 Å². The molecule has 0 atom stereocenters. The smallest absolute Gasteiger partial charge is 0.169 e. The second-order valence-electron chi connectivity index (χ2n) is 7.52. The van der Waals surface area contributed by atoms with Crippen LogP contribution in [0, 0.1) is 0 Å². The maximum Gasteiger partial charge on any atom is 0.169 e. The van der Waals surface area contributed by atoms with E-state index in [1.807, 2.05) is 30.5 Å². The molecule has 1 N–H and O–H groups in total. The molecule has 0 spiro atoms. The maximum atomic E-state index is 5.84. The van der Waals surface area contributed by atoms with Crippen molar-refractivity contribution in [1.29, 1.82) is 0 Å². The van der Waals surface area contributed by atoms with E-state index in [2.05, 4.69) is 33.4 Å². The third-order valence-corrected chi connectivity index (χ3v) is 5.71. The number of nitrogens with one attached hydrogen (secondary N) is 1. The van der Waals surface area contributed by atoms with Gasteiger partial charge in [-0.2, -0.15) is 0 Å². The molecule has 4 nitrogen and oxygen atoms in total. The summed E-state index contributed by atoms with van der Waals surface area (Å²) in [5.41, 5.74) is 2.23. The van der Waals surface area contributed by atoms with Gasteiger partial charge in [-0.25, -0.2) is 0 Å². The van der Waals surface area contributed by atoms with Crippen molar-refractivity contribution in [2.45, 2.75) is 64.1 Å². The summed E-state index contributed by atoms with van der Waals surface area (Å²) in [5.74, 6) is 0.871. The molecule has 0 saturated heterocycles. The standard InChI is InChI=1S/C23H31N3OS/c1-27-22-14-12-19(13-15-22)17-26(18-21-11-7-8-16-24-21)23(28)25-20-9-5-3-2-4-6-10-20/h7-8,11-16,20H,2-6,9-10,17-18H2,1H3,(H,25,28). The summed E-state index contributed by atoms with van der Waals surface area (Å²) in [7, 11) is 1.69. The molecule has 150 valence electrons. The van der Waals surface area contributed by atoms with Crippen LogP contribution in [0.1, 0.15) is 56.2 Å². The normalized spacial score (nSPS) is 15.3. The number of hydrogen-bond donors (Lipinski definition) is 1. The fraction of sp³-hybridized carbons (Fsp3) is 0.478. The molecule has 0 radical (unpaired) electrons. The first-order valence-electron chi connectivity index (χ1n) is 10.3. The van der Waals surface area contributed by atoms with Crippen molar-refractivity contribution in [3.05, 3.63) is 59.9 Å². The minimum Gasteiger partial charge on any atom is -0.497 e. The third kappa shape index (κ3) is 6.48. The highest BCUT2D eigenvalue weighted by Gasteiger charge is 2.17. The van der Waals surface area contributed by atoms with E-state index in [0.717, 1.165) is 23.1 Å². The molecule has 0 unspecified atom stereocenters. The Balaban J connectivity index is 1.69. The molecule has 1 aromatic heterocycles. The molecule has 1 aromatic carbocycles. The predicted octanol–water partition coefficient (Wildman–Crippen LogP) is 5.08. The van der Waals surface area contributed by atoms with Crippen LogP contribution >= 0.6 is 12.2 Å². The van der Waals surface area contributed by atoms with Crippen LogP contribution in [-0.4, -0.2) is 28.1 Å². The molecule has 1 heterocycles. The lowest BCUT2D eigenvalue weighted by atomic mass is 9.97. The molecule has 3 rings (SSSR count). The summed E-state index contributed by atoms with van der Waals surface area (Å²) >= 11 is 5.84. The van der Waals surface area contributed by atoms with E-state index >= 15 is 0 Å². The van der Waals surface area contributed by atoms with Crippen LogP contribution < -0.4 is 10.1 Å². The Bertz CT molecular complexity index is 712. The first-order chi connectivity index (χ1) is 13.7. The van der Waals surface area contributed by atoms with Crippen molar-refractivity contribution in [1.82, 2.24) is 15.2 Å². The molecular formula is C23H31N3OS. The van der Waals surface area contributed by atoms with E-state index < -0.39 is 0 Å². The van der Waals surface area contributed by atoms with E-state index in [4.69, 9.17) is 17.0 Å². The highest BCUT2D eigenvalue weighted by Crippen LogP contribution is 2.19. The zero-order valence-electron chi connectivity index (χ0n) is 16.8. The first-order valence-corrected chi connectivity index (χ1v) is 10.7. The predicted molar refractivity (Wildman–Crippen MR) is 118 cm³/mol. The lowest BCUT2D eigenvalue weighted by Crippen LogP contribution is -2.44. The number of aromatic nitrogens is 1. The van der Waals surface area contributed by atoms with Crippen molar-refractivity contribution >= 4 is 17.3 Å². The molecule has 0 aliphatic heterocycles. The van der Waals surface area contributed by atoms with Crippen LogP contribution in [0.3, 0.4) is 0 Å². The zero-order chi connectivity index (χ0) is 19.6. The summed E-state index contributed by atoms with van der Waals surface area (Å²) in [5, 5.41) is 4.48. The van der Waals surface area contributed by atoms with Gasteiger partial charge in [0.05, 0.1) is 19.3 Å². The molecule has 0 bridgehead atoms. The SMILES string of the molecule is COc1ccc(CN(Cc2ccccn2)C(=S)NC2CCCCCCC2)cc1. The Kier molecular flexibility index (Phi) is 8.09. The van der Waals surface area contributed by atoms with Gasteiger partial charge in [0.25, 0.3) is 0 Å². The van der Waals surface area contributed by atoms with Gasteiger partial charge < -0.3 is 15.0 Å². The monoisotopic (exact) mass is 397 g/mol. The Morgan fingerprint density at radius 1 is 1.04 bits per heavy atom. The molecule has 28 heavy (non-hydrogen) atoms. The van der Waals surface area contributed by atoms with Gasteiger partial charge in [-0.05, 0) is 54.9 Å². The average Bonchev–Trinajstić information content (AvgIpc) is 2.70. The van der Waals surface area contributed by atoms with Crippen LogP contribution in [0.25, 0.3) is 0 Å². The fourth-order valence-corrected chi connectivity index (χ4v) is 4.00. The molecule has 0 amide bonds. The third-order valence-electron chi connectivity index (χ3n) is 5.33. The minimum absolute atomic E-state index is 0.481. The van der Waals surface area contributed by atoms with Crippen molar-refractivity contribution < 1.29 is 4.74 Å². The van der Waals surface area contributed by atoms with Crippen LogP contribution in [-0.2, 0) is 13.1 Å². The summed E-state index contributed by atoms with van der Waals surface area (Å²) in [6, 6.07) is 14.7. The number of pyridine rings is 1. The summed E-state index contributed by atoms with van der Waals surface area (Å²) in [6.45, 7) is 1.45. The molecule has 2 aromatic rings. The molecule has 1 aliphatic rings. The van der Waals surface area contributed by atoms with E-state index in [1.54, 1.807) is 7.11 Å². The molecular weight excluding hydrogens is 366 g/mol. The van der Waals surface area contributed by atoms with Crippen LogP contribution in [0.5, 0.6) is 5.75 Å². The Labute approximate surface area is 174 Å². The number of rotatable bonds is 6. The molecule has 1 saturated carbocycles. The quantitative estimate of drug-likeness (QED) is 0.688. The average molecular weight is 398 g/mol. The molecule has 1 aliphatic carbocycles. The van der Waals surface area contributed by atoms with E-state index in [1.165, 1.54) is 50.5 Å². The van der Waals surface area contributed by atoms with Gasteiger partial charge in [0.2, 0.25) is 0 Å². The first kappa shape index (κ1) is 20.6. The van der Waals surface area contributed by atoms with Crippen molar-refractivity contribution in [2.24, 2.45) is 0 Å². The second-order valence-corrected chi connectivity index (χ2v) is 7.90. The lowest BCUT2D eigenvalue weighted by molar-refractivity contribution is 0.367. The number of thiocarbonyl (C=S) groups is 1. The zero-order valence-corrected chi connectivity index (χ0v) is 17.6. The number of methoxy groups -OCH3 is 1. The largest absolute Gasteiger partial charge is 0.497 e. The summed E-state index contributed by atoms with van der Waals surface area (Å²) < 4.78 is 5.28. The van der Waals surface area contributed by atoms with Crippen molar-refractivity contribution in [3.8, 4) is 5.75 Å². The van der Waals surface area contributed by atoms with Gasteiger partial charge in [-0.15, -0.1) is 0 Å². The summed E-state index contributed by atoms with van der Waals surface area (Å²) in [6.07, 6.45) is 10.9. The minimum atomic E-state index is 0.481. The molecule has 1 fully saturated rings. The Hall–Kier alpha value is -2.14. The number of benzene rings is 1. The number of hydrogen-bond acceptors (Lipinski definition) is 3. The van der Waals surface area contributed by atoms with E-state index in [-0.39, 0.29) is 0 Å². The van der Waals surface area contributed by atoms with Gasteiger partial charge in [-0.1, -0.05) is 50.3 Å². The fourth-order valence-electron chi connectivity index (χ4n) is 3.70. The number of ether oxygens (including phenoxy) is 1. The van der Waals surface area contributed by atoms with Crippen LogP contribution in [0.15, 0.2) is 48.7 Å². The van der Waals surface area contributed by atoms with Crippen LogP contribution in [0.2, 0.25) is 0 Å². The highest BCUT2D eigenvalue weighted by atomic mass is 32.1. The summed E-state index contributed by atoms with van der Waals surface area (Å²) in [4.78, 5) is 6.72. The van der Waals surface area contributed by atoms with Gasteiger partial charge in [0, 0.05) is 18.8 Å². The van der Waals surface area contributed by atoms with Crippen molar-refractivity contribution in [2.75, 3.05) is 7.11 Å². The topological polar surface area (TPSA) is 37.4 Å². The highest BCUT2D eigenvalue weighted by molar-refractivity contribution is 7.80. The molecule has 5 heteroatoms. The lowest BCUT2D eigenvalue weighted by Gasteiger charge is -2.30. The Morgan fingerprint density at radius 2 is 1.75 bits per heavy atom. The van der Waals surface area contributed by atoms with Gasteiger partial charge in [0.1, 0.15) is 5.75 Å². The van der Waals surface area contributed by atoms with Gasteiger partial charge in [-0.3, -0.25) is 4.98 Å². The van der Waals surface area contributed by atoms with Gasteiger partial charge >= 0.3 is 0 Å². The maximum absolute atomic E-state index is 5.84.